The number of carbonyl (C=O) groups is 2. The second-order valence-corrected chi connectivity index (χ2v) is 6.48. The Kier molecular flexibility index (Phi) is 6.58. The fourth-order valence-electron chi connectivity index (χ4n) is 2.84. The smallest absolute Gasteiger partial charge is 0.276 e. The summed E-state index contributed by atoms with van der Waals surface area (Å²) < 4.78 is 5.14. The number of para-hydroxylation sites is 1. The fraction of sp³-hybridized carbons (Fsp3) is 0.174. The quantitative estimate of drug-likeness (QED) is 0.673. The molecule has 1 aromatic heterocycles. The van der Waals surface area contributed by atoms with Gasteiger partial charge in [0.05, 0.1) is 7.11 Å². The van der Waals surface area contributed by atoms with E-state index in [1.54, 1.807) is 20.2 Å². The molecule has 1 N–H and O–H groups in total. The summed E-state index contributed by atoms with van der Waals surface area (Å²) in [5.74, 6) is 0.286. The van der Waals surface area contributed by atoms with Crippen LogP contribution in [-0.2, 0) is 6.42 Å². The van der Waals surface area contributed by atoms with E-state index < -0.39 is 0 Å². The maximum absolute atomic E-state index is 12.7. The Morgan fingerprint density at radius 2 is 1.76 bits per heavy atom. The first-order chi connectivity index (χ1) is 14.1. The number of carbonyl (C=O) groups excluding carboxylic acids is 2. The third kappa shape index (κ3) is 5.19. The number of hydrogen-bond donors (Lipinski definition) is 1. The minimum atomic E-state index is -0.274. The summed E-state index contributed by atoms with van der Waals surface area (Å²) >= 11 is 0. The molecular weight excluding hydrogens is 366 g/mol. The van der Waals surface area contributed by atoms with Gasteiger partial charge < -0.3 is 15.0 Å². The highest BCUT2D eigenvalue weighted by Crippen LogP contribution is 2.15. The number of benzene rings is 2. The van der Waals surface area contributed by atoms with E-state index in [4.69, 9.17) is 4.74 Å². The molecule has 0 bridgehead atoms. The van der Waals surface area contributed by atoms with Crippen molar-refractivity contribution < 1.29 is 14.3 Å². The molecule has 0 aliphatic rings. The first-order valence-electron chi connectivity index (χ1n) is 9.29. The van der Waals surface area contributed by atoms with Crippen molar-refractivity contribution in [3.63, 3.8) is 0 Å². The van der Waals surface area contributed by atoms with Crippen molar-refractivity contribution in [1.29, 1.82) is 0 Å². The highest BCUT2D eigenvalue weighted by atomic mass is 16.5. The number of nitrogens with zero attached hydrogens (tertiary/aromatic N) is 2. The van der Waals surface area contributed by atoms with E-state index >= 15 is 0 Å². The van der Waals surface area contributed by atoms with Crippen LogP contribution in [-0.4, -0.2) is 37.5 Å². The number of rotatable bonds is 7. The van der Waals surface area contributed by atoms with E-state index in [1.807, 2.05) is 54.6 Å². The average molecular weight is 389 g/mol. The zero-order valence-corrected chi connectivity index (χ0v) is 16.5. The van der Waals surface area contributed by atoms with Crippen LogP contribution >= 0.6 is 0 Å². The molecule has 148 valence electrons. The van der Waals surface area contributed by atoms with Gasteiger partial charge >= 0.3 is 0 Å². The topological polar surface area (TPSA) is 71.5 Å². The van der Waals surface area contributed by atoms with E-state index in [1.165, 1.54) is 17.2 Å². The third-order valence-electron chi connectivity index (χ3n) is 4.55. The van der Waals surface area contributed by atoms with Crippen molar-refractivity contribution in [3.8, 4) is 5.75 Å². The normalized spacial score (nSPS) is 10.3. The minimum Gasteiger partial charge on any atom is -0.497 e. The lowest BCUT2D eigenvalue weighted by Crippen LogP contribution is -2.29. The molecule has 29 heavy (non-hydrogen) atoms. The third-order valence-corrected chi connectivity index (χ3v) is 4.55. The van der Waals surface area contributed by atoms with Crippen LogP contribution in [0.1, 0.15) is 26.4 Å². The summed E-state index contributed by atoms with van der Waals surface area (Å²) in [4.78, 5) is 30.8. The van der Waals surface area contributed by atoms with Gasteiger partial charge in [0, 0.05) is 31.0 Å². The molecular formula is C23H23N3O3. The second kappa shape index (κ2) is 9.50. The van der Waals surface area contributed by atoms with Gasteiger partial charge in [0.25, 0.3) is 11.8 Å². The van der Waals surface area contributed by atoms with Gasteiger partial charge in [-0.15, -0.1) is 0 Å². The monoisotopic (exact) mass is 389 g/mol. The highest BCUT2D eigenvalue weighted by Gasteiger charge is 2.16. The van der Waals surface area contributed by atoms with Gasteiger partial charge in [-0.05, 0) is 48.4 Å². The van der Waals surface area contributed by atoms with E-state index in [-0.39, 0.29) is 17.5 Å². The van der Waals surface area contributed by atoms with Crippen molar-refractivity contribution in [2.45, 2.75) is 6.42 Å². The lowest BCUT2D eigenvalue weighted by molar-refractivity contribution is 0.0954. The Balaban J connectivity index is 1.60. The van der Waals surface area contributed by atoms with Crippen LogP contribution in [0.25, 0.3) is 0 Å². The lowest BCUT2D eigenvalue weighted by Gasteiger charge is -2.17. The van der Waals surface area contributed by atoms with Crippen molar-refractivity contribution in [2.24, 2.45) is 0 Å². The molecule has 0 fully saturated rings. The summed E-state index contributed by atoms with van der Waals surface area (Å²) in [5, 5.41) is 2.88. The number of amides is 2. The van der Waals surface area contributed by atoms with Gasteiger partial charge in [-0.3, -0.25) is 14.6 Å². The maximum Gasteiger partial charge on any atom is 0.276 e. The number of nitrogens with one attached hydrogen (secondary N) is 1. The van der Waals surface area contributed by atoms with Crippen molar-refractivity contribution in [1.82, 2.24) is 10.3 Å². The number of ether oxygens (including phenoxy) is 1. The van der Waals surface area contributed by atoms with E-state index in [0.717, 1.165) is 17.0 Å². The van der Waals surface area contributed by atoms with Crippen LogP contribution in [0.15, 0.2) is 72.9 Å². The minimum absolute atomic E-state index is 0.221. The molecule has 0 atom stereocenters. The van der Waals surface area contributed by atoms with Crippen molar-refractivity contribution >= 4 is 17.5 Å². The second-order valence-electron chi connectivity index (χ2n) is 6.48. The van der Waals surface area contributed by atoms with Crippen LogP contribution in [0, 0.1) is 0 Å². The molecule has 0 aliphatic carbocycles. The molecule has 0 saturated carbocycles. The van der Waals surface area contributed by atoms with Crippen LogP contribution in [0.4, 0.5) is 5.69 Å². The van der Waals surface area contributed by atoms with Gasteiger partial charge in [-0.25, -0.2) is 0 Å². The molecule has 2 aromatic carbocycles. The summed E-state index contributed by atoms with van der Waals surface area (Å²) in [5.41, 5.74) is 2.48. The Bertz CT molecular complexity index is 972. The molecule has 6 nitrogen and oxygen atoms in total. The molecule has 6 heteroatoms. The Hall–Kier alpha value is -3.67. The Morgan fingerprint density at radius 1 is 1.03 bits per heavy atom. The van der Waals surface area contributed by atoms with E-state index in [9.17, 15) is 9.59 Å². The molecule has 0 saturated heterocycles. The van der Waals surface area contributed by atoms with Gasteiger partial charge in [-0.1, -0.05) is 30.3 Å². The zero-order valence-electron chi connectivity index (χ0n) is 16.5. The Morgan fingerprint density at radius 3 is 2.45 bits per heavy atom. The van der Waals surface area contributed by atoms with Crippen molar-refractivity contribution in [3.05, 3.63) is 89.7 Å². The summed E-state index contributed by atoms with van der Waals surface area (Å²) in [6.45, 7) is 0.487. The first kappa shape index (κ1) is 20.1. The predicted molar refractivity (Wildman–Crippen MR) is 112 cm³/mol. The van der Waals surface area contributed by atoms with Gasteiger partial charge in [0.1, 0.15) is 11.4 Å². The number of methoxy groups -OCH3 is 1. The summed E-state index contributed by atoms with van der Waals surface area (Å²) in [7, 11) is 3.31. The Labute approximate surface area is 170 Å². The molecule has 3 rings (SSSR count). The van der Waals surface area contributed by atoms with Gasteiger partial charge in [-0.2, -0.15) is 0 Å². The lowest BCUT2D eigenvalue weighted by atomic mass is 10.1. The SMILES string of the molecule is COc1ccc(CCNC(=O)c2ccnc(C(=O)N(C)c3ccccc3)c2)cc1. The number of anilines is 1. The molecule has 3 aromatic rings. The van der Waals surface area contributed by atoms with Crippen LogP contribution < -0.4 is 15.0 Å². The summed E-state index contributed by atoms with van der Waals surface area (Å²) in [6, 6.07) is 20.1. The van der Waals surface area contributed by atoms with Crippen LogP contribution in [0.3, 0.4) is 0 Å². The molecule has 1 heterocycles. The van der Waals surface area contributed by atoms with Crippen molar-refractivity contribution in [2.75, 3.05) is 25.6 Å². The molecule has 0 radical (unpaired) electrons. The molecule has 0 aliphatic heterocycles. The number of hydrogen-bond acceptors (Lipinski definition) is 4. The fourth-order valence-corrected chi connectivity index (χ4v) is 2.84. The van der Waals surface area contributed by atoms with Gasteiger partial charge in [0.15, 0.2) is 0 Å². The van der Waals surface area contributed by atoms with Crippen LogP contribution in [0.2, 0.25) is 0 Å². The summed E-state index contributed by atoms with van der Waals surface area (Å²) in [6.07, 6.45) is 2.17. The maximum atomic E-state index is 12.7. The number of aromatic nitrogens is 1. The van der Waals surface area contributed by atoms with Gasteiger partial charge in [0.2, 0.25) is 0 Å². The van der Waals surface area contributed by atoms with E-state index in [2.05, 4.69) is 10.3 Å². The average Bonchev–Trinajstić information content (AvgIpc) is 2.79. The number of pyridine rings is 1. The van der Waals surface area contributed by atoms with E-state index in [0.29, 0.717) is 18.5 Å². The predicted octanol–water partition coefficient (Wildman–Crippen LogP) is 3.34. The first-order valence-corrected chi connectivity index (χ1v) is 9.29. The zero-order chi connectivity index (χ0) is 20.6. The van der Waals surface area contributed by atoms with Crippen LogP contribution in [0.5, 0.6) is 5.75 Å². The molecule has 0 spiro atoms. The molecule has 0 unspecified atom stereocenters. The highest BCUT2D eigenvalue weighted by molar-refractivity contribution is 6.06. The largest absolute Gasteiger partial charge is 0.497 e. The standard InChI is InChI=1S/C23H23N3O3/c1-26(19-6-4-3-5-7-19)23(28)21-16-18(13-15-24-21)22(27)25-14-12-17-8-10-20(29-2)11-9-17/h3-11,13,15-16H,12,14H2,1-2H3,(H,25,27). The molecule has 2 amide bonds.